The SMILES string of the molecule is CC(C)(C)OC1C=COC=C1. The van der Waals surface area contributed by atoms with Crippen LogP contribution in [0.25, 0.3) is 0 Å². The lowest BCUT2D eigenvalue weighted by Crippen LogP contribution is -2.25. The highest BCUT2D eigenvalue weighted by molar-refractivity contribution is 5.03. The fourth-order valence-corrected chi connectivity index (χ4v) is 0.842. The van der Waals surface area contributed by atoms with Gasteiger partial charge < -0.3 is 9.47 Å². The Hall–Kier alpha value is -0.760. The van der Waals surface area contributed by atoms with Gasteiger partial charge in [-0.3, -0.25) is 0 Å². The van der Waals surface area contributed by atoms with Gasteiger partial charge >= 0.3 is 0 Å². The van der Waals surface area contributed by atoms with Gasteiger partial charge in [-0.2, -0.15) is 0 Å². The number of rotatable bonds is 1. The third-order valence-electron chi connectivity index (χ3n) is 1.18. The molecule has 0 bridgehead atoms. The fraction of sp³-hybridized carbons (Fsp3) is 0.556. The summed E-state index contributed by atoms with van der Waals surface area (Å²) in [6, 6.07) is 0. The normalized spacial score (nSPS) is 18.5. The lowest BCUT2D eigenvalue weighted by atomic mass is 10.2. The second-order valence-electron chi connectivity index (χ2n) is 3.49. The van der Waals surface area contributed by atoms with E-state index in [0.29, 0.717) is 0 Å². The molecule has 0 saturated carbocycles. The molecule has 0 atom stereocenters. The van der Waals surface area contributed by atoms with E-state index in [1.54, 1.807) is 12.5 Å². The van der Waals surface area contributed by atoms with E-state index in [4.69, 9.17) is 9.47 Å². The maximum atomic E-state index is 5.62. The van der Waals surface area contributed by atoms with Crippen molar-refractivity contribution in [3.63, 3.8) is 0 Å². The van der Waals surface area contributed by atoms with Gasteiger partial charge in [0, 0.05) is 0 Å². The predicted octanol–water partition coefficient (Wildman–Crippen LogP) is 2.23. The molecule has 1 rings (SSSR count). The van der Waals surface area contributed by atoms with Gasteiger partial charge in [-0.1, -0.05) is 0 Å². The second kappa shape index (κ2) is 3.09. The largest absolute Gasteiger partial charge is 0.473 e. The average Bonchev–Trinajstić information content (AvgIpc) is 1.85. The molecule has 2 heteroatoms. The van der Waals surface area contributed by atoms with Gasteiger partial charge in [0.2, 0.25) is 0 Å². The van der Waals surface area contributed by atoms with Crippen LogP contribution in [0.4, 0.5) is 0 Å². The summed E-state index contributed by atoms with van der Waals surface area (Å²) in [5.74, 6) is 0. The first-order valence-corrected chi connectivity index (χ1v) is 3.74. The highest BCUT2D eigenvalue weighted by Gasteiger charge is 2.15. The van der Waals surface area contributed by atoms with Gasteiger partial charge in [-0.05, 0) is 32.9 Å². The summed E-state index contributed by atoms with van der Waals surface area (Å²) in [6.45, 7) is 6.10. The quantitative estimate of drug-likeness (QED) is 0.576. The first-order chi connectivity index (χ1) is 5.08. The summed E-state index contributed by atoms with van der Waals surface area (Å²) in [5, 5.41) is 0. The van der Waals surface area contributed by atoms with Gasteiger partial charge in [0.1, 0.15) is 6.10 Å². The van der Waals surface area contributed by atoms with Gasteiger partial charge in [-0.15, -0.1) is 0 Å². The van der Waals surface area contributed by atoms with E-state index in [-0.39, 0.29) is 11.7 Å². The molecule has 0 spiro atoms. The molecule has 0 aliphatic carbocycles. The summed E-state index contributed by atoms with van der Waals surface area (Å²) in [6.07, 6.45) is 7.09. The maximum Gasteiger partial charge on any atom is 0.101 e. The first-order valence-electron chi connectivity index (χ1n) is 3.74. The summed E-state index contributed by atoms with van der Waals surface area (Å²) in [5.41, 5.74) is -0.101. The van der Waals surface area contributed by atoms with E-state index < -0.39 is 0 Å². The smallest absolute Gasteiger partial charge is 0.101 e. The Morgan fingerprint density at radius 2 is 1.73 bits per heavy atom. The van der Waals surface area contributed by atoms with E-state index in [1.807, 2.05) is 32.9 Å². The van der Waals surface area contributed by atoms with Crippen LogP contribution in [-0.4, -0.2) is 11.7 Å². The summed E-state index contributed by atoms with van der Waals surface area (Å²) < 4.78 is 10.5. The third kappa shape index (κ3) is 3.23. The van der Waals surface area contributed by atoms with Crippen molar-refractivity contribution in [1.82, 2.24) is 0 Å². The van der Waals surface area contributed by atoms with Gasteiger partial charge in [0.05, 0.1) is 18.1 Å². The average molecular weight is 154 g/mol. The minimum atomic E-state index is -0.101. The van der Waals surface area contributed by atoms with E-state index in [2.05, 4.69) is 0 Å². The molecule has 0 amide bonds. The first kappa shape index (κ1) is 8.34. The summed E-state index contributed by atoms with van der Waals surface area (Å²) >= 11 is 0. The zero-order valence-corrected chi connectivity index (χ0v) is 7.20. The molecule has 11 heavy (non-hydrogen) atoms. The summed E-state index contributed by atoms with van der Waals surface area (Å²) in [7, 11) is 0. The molecule has 0 aromatic rings. The van der Waals surface area contributed by atoms with Crippen LogP contribution < -0.4 is 0 Å². The van der Waals surface area contributed by atoms with Crippen LogP contribution in [0.2, 0.25) is 0 Å². The Balaban J connectivity index is 2.43. The van der Waals surface area contributed by atoms with Crippen LogP contribution in [0.5, 0.6) is 0 Å². The van der Waals surface area contributed by atoms with Crippen LogP contribution in [-0.2, 0) is 9.47 Å². The maximum absolute atomic E-state index is 5.62. The topological polar surface area (TPSA) is 18.5 Å². The monoisotopic (exact) mass is 154 g/mol. The van der Waals surface area contributed by atoms with Crippen LogP contribution in [0.1, 0.15) is 20.8 Å². The summed E-state index contributed by atoms with van der Waals surface area (Å²) in [4.78, 5) is 0. The van der Waals surface area contributed by atoms with E-state index in [1.165, 1.54) is 0 Å². The van der Waals surface area contributed by atoms with Crippen molar-refractivity contribution < 1.29 is 9.47 Å². The minimum absolute atomic E-state index is 0.0590. The van der Waals surface area contributed by atoms with Gasteiger partial charge in [0.25, 0.3) is 0 Å². The van der Waals surface area contributed by atoms with Gasteiger partial charge in [-0.25, -0.2) is 0 Å². The molecule has 0 N–H and O–H groups in total. The zero-order valence-electron chi connectivity index (χ0n) is 7.20. The molecule has 0 aromatic heterocycles. The minimum Gasteiger partial charge on any atom is -0.473 e. The van der Waals surface area contributed by atoms with E-state index in [0.717, 1.165) is 0 Å². The molecule has 2 nitrogen and oxygen atoms in total. The lowest BCUT2D eigenvalue weighted by Gasteiger charge is -2.24. The van der Waals surface area contributed by atoms with Crippen molar-refractivity contribution in [1.29, 1.82) is 0 Å². The van der Waals surface area contributed by atoms with Crippen molar-refractivity contribution in [2.45, 2.75) is 32.5 Å². The number of hydrogen-bond acceptors (Lipinski definition) is 2. The Morgan fingerprint density at radius 3 is 2.18 bits per heavy atom. The Morgan fingerprint density at radius 1 is 1.18 bits per heavy atom. The molecule has 1 aliphatic rings. The zero-order chi connectivity index (χ0) is 8.32. The molecule has 0 radical (unpaired) electrons. The van der Waals surface area contributed by atoms with Crippen molar-refractivity contribution in [3.05, 3.63) is 24.7 Å². The Kier molecular flexibility index (Phi) is 2.35. The third-order valence-corrected chi connectivity index (χ3v) is 1.18. The van der Waals surface area contributed by atoms with Crippen LogP contribution >= 0.6 is 0 Å². The highest BCUT2D eigenvalue weighted by atomic mass is 16.5. The van der Waals surface area contributed by atoms with Crippen molar-refractivity contribution >= 4 is 0 Å². The molecule has 0 unspecified atom stereocenters. The Bertz CT molecular complexity index is 162. The number of hydrogen-bond donors (Lipinski definition) is 0. The molecule has 0 saturated heterocycles. The molecule has 62 valence electrons. The van der Waals surface area contributed by atoms with Crippen molar-refractivity contribution in [3.8, 4) is 0 Å². The number of ether oxygens (including phenoxy) is 2. The fourth-order valence-electron chi connectivity index (χ4n) is 0.842. The van der Waals surface area contributed by atoms with Crippen LogP contribution in [0.3, 0.4) is 0 Å². The standard InChI is InChI=1S/C9H14O2/c1-9(2,3)11-8-4-6-10-7-5-8/h4-8H,1-3H3. The van der Waals surface area contributed by atoms with Crippen LogP contribution in [0.15, 0.2) is 24.7 Å². The van der Waals surface area contributed by atoms with Crippen molar-refractivity contribution in [2.24, 2.45) is 0 Å². The van der Waals surface area contributed by atoms with E-state index in [9.17, 15) is 0 Å². The lowest BCUT2D eigenvalue weighted by molar-refractivity contribution is -0.0207. The van der Waals surface area contributed by atoms with Gasteiger partial charge in [0.15, 0.2) is 0 Å². The van der Waals surface area contributed by atoms with E-state index >= 15 is 0 Å². The molecule has 0 fully saturated rings. The van der Waals surface area contributed by atoms with Crippen LogP contribution in [0, 0.1) is 0 Å². The predicted molar refractivity (Wildman–Crippen MR) is 44.0 cm³/mol. The molecule has 1 heterocycles. The molecular formula is C9H14O2. The molecule has 0 aromatic carbocycles. The van der Waals surface area contributed by atoms with Crippen molar-refractivity contribution in [2.75, 3.05) is 0 Å². The second-order valence-corrected chi connectivity index (χ2v) is 3.49. The molecule has 1 aliphatic heterocycles. The Labute approximate surface area is 67.5 Å². The molecular weight excluding hydrogens is 140 g/mol. The highest BCUT2D eigenvalue weighted by Crippen LogP contribution is 2.14.